The maximum absolute atomic E-state index is 12.6. The molecule has 0 saturated carbocycles. The van der Waals surface area contributed by atoms with Gasteiger partial charge < -0.3 is 5.32 Å². The van der Waals surface area contributed by atoms with E-state index in [0.717, 1.165) is 15.7 Å². The number of nitriles is 1. The Morgan fingerprint density at radius 3 is 2.36 bits per heavy atom. The fourth-order valence-corrected chi connectivity index (χ4v) is 2.58. The van der Waals surface area contributed by atoms with Crippen LogP contribution in [0.3, 0.4) is 0 Å². The molecular weight excluding hydrogens is 418 g/mol. The van der Waals surface area contributed by atoms with Gasteiger partial charge in [0.15, 0.2) is 0 Å². The van der Waals surface area contributed by atoms with Crippen molar-refractivity contribution in [2.45, 2.75) is 6.54 Å². The summed E-state index contributed by atoms with van der Waals surface area (Å²) >= 11 is 3.40. The third kappa shape index (κ3) is 5.50. The van der Waals surface area contributed by atoms with Crippen LogP contribution in [0.15, 0.2) is 82.5 Å². The Hall–Kier alpha value is -3.50. The minimum absolute atomic E-state index is 0.317. The van der Waals surface area contributed by atoms with E-state index in [-0.39, 0.29) is 5.91 Å². The molecule has 0 aliphatic heterocycles. The van der Waals surface area contributed by atoms with Crippen molar-refractivity contribution in [1.29, 1.82) is 5.26 Å². The zero-order chi connectivity index (χ0) is 19.8. The highest BCUT2D eigenvalue weighted by Gasteiger charge is 2.10. The average Bonchev–Trinajstić information content (AvgIpc) is 2.74. The summed E-state index contributed by atoms with van der Waals surface area (Å²) in [5.41, 5.74) is 2.69. The number of aliphatic imine (C=N–C) groups is 1. The molecule has 0 unspecified atom stereocenters. The quantitative estimate of drug-likeness (QED) is 0.478. The van der Waals surface area contributed by atoms with Crippen LogP contribution in [-0.4, -0.2) is 16.9 Å². The van der Waals surface area contributed by atoms with Crippen LogP contribution in [-0.2, 0) is 6.54 Å². The van der Waals surface area contributed by atoms with Gasteiger partial charge in [-0.05, 0) is 66.2 Å². The molecule has 0 fully saturated rings. The second kappa shape index (κ2) is 9.44. The molecule has 2 aromatic carbocycles. The number of nitrogens with zero attached hydrogens (tertiary/aromatic N) is 3. The molecule has 0 atom stereocenters. The third-order valence-electron chi connectivity index (χ3n) is 3.78. The highest BCUT2D eigenvalue weighted by atomic mass is 79.9. The largest absolute Gasteiger partial charge is 0.326 e. The molecule has 0 radical (unpaired) electrons. The van der Waals surface area contributed by atoms with Crippen molar-refractivity contribution >= 4 is 33.5 Å². The SMILES string of the molecule is N#Cc1ccc(C(=O)NC(=NCc2ccncc2)Nc2ccc(Br)cc2)cc1. The van der Waals surface area contributed by atoms with Gasteiger partial charge in [-0.15, -0.1) is 0 Å². The Labute approximate surface area is 171 Å². The standard InChI is InChI=1S/C21H16BrN5O/c22-18-5-7-19(8-6-18)26-21(25-14-16-9-11-24-12-10-16)27-20(28)17-3-1-15(13-23)2-4-17/h1-12H,14H2,(H2,25,26,27,28). The van der Waals surface area contributed by atoms with E-state index < -0.39 is 0 Å². The summed E-state index contributed by atoms with van der Waals surface area (Å²) < 4.78 is 0.954. The minimum Gasteiger partial charge on any atom is -0.326 e. The van der Waals surface area contributed by atoms with Crippen LogP contribution in [0.4, 0.5) is 5.69 Å². The van der Waals surface area contributed by atoms with Gasteiger partial charge in [0.05, 0.1) is 18.2 Å². The predicted octanol–water partition coefficient (Wildman–Crippen LogP) is 4.11. The Balaban J connectivity index is 1.78. The Morgan fingerprint density at radius 1 is 1.04 bits per heavy atom. The van der Waals surface area contributed by atoms with Crippen LogP contribution in [0.2, 0.25) is 0 Å². The summed E-state index contributed by atoms with van der Waals surface area (Å²) in [6.07, 6.45) is 3.39. The van der Waals surface area contributed by atoms with Gasteiger partial charge in [0.25, 0.3) is 5.91 Å². The molecule has 1 amide bonds. The number of hydrogen-bond donors (Lipinski definition) is 2. The summed E-state index contributed by atoms with van der Waals surface area (Å²) in [6, 6.07) is 19.7. The van der Waals surface area contributed by atoms with Crippen LogP contribution in [0.1, 0.15) is 21.5 Å². The van der Waals surface area contributed by atoms with Crippen molar-refractivity contribution < 1.29 is 4.79 Å². The average molecular weight is 434 g/mol. The van der Waals surface area contributed by atoms with Crippen LogP contribution >= 0.6 is 15.9 Å². The summed E-state index contributed by atoms with van der Waals surface area (Å²) in [4.78, 5) is 21.1. The first-order valence-corrected chi connectivity index (χ1v) is 9.21. The molecule has 2 N–H and O–H groups in total. The Bertz CT molecular complexity index is 1010. The Kier molecular flexibility index (Phi) is 6.50. The first kappa shape index (κ1) is 19.3. The fraction of sp³-hybridized carbons (Fsp3) is 0.0476. The van der Waals surface area contributed by atoms with Gasteiger partial charge >= 0.3 is 0 Å². The Morgan fingerprint density at radius 2 is 1.71 bits per heavy atom. The van der Waals surface area contributed by atoms with Gasteiger partial charge in [-0.1, -0.05) is 15.9 Å². The number of anilines is 1. The van der Waals surface area contributed by atoms with E-state index >= 15 is 0 Å². The molecule has 1 aromatic heterocycles. The number of amides is 1. The van der Waals surface area contributed by atoms with Crippen molar-refractivity contribution in [3.05, 3.63) is 94.2 Å². The van der Waals surface area contributed by atoms with Crippen LogP contribution in [0, 0.1) is 11.3 Å². The fourth-order valence-electron chi connectivity index (χ4n) is 2.31. The van der Waals surface area contributed by atoms with E-state index in [1.807, 2.05) is 42.5 Å². The number of benzene rings is 2. The van der Waals surface area contributed by atoms with Crippen molar-refractivity contribution in [1.82, 2.24) is 10.3 Å². The number of aromatic nitrogens is 1. The zero-order valence-electron chi connectivity index (χ0n) is 14.8. The molecule has 28 heavy (non-hydrogen) atoms. The van der Waals surface area contributed by atoms with Gasteiger partial charge in [0.1, 0.15) is 0 Å². The van der Waals surface area contributed by atoms with Gasteiger partial charge in [-0.25, -0.2) is 4.99 Å². The number of carbonyl (C=O) groups is 1. The summed E-state index contributed by atoms with van der Waals surface area (Å²) in [5.74, 6) is 0.0103. The third-order valence-corrected chi connectivity index (χ3v) is 4.31. The monoisotopic (exact) mass is 433 g/mol. The van der Waals surface area contributed by atoms with Crippen LogP contribution in [0.5, 0.6) is 0 Å². The number of rotatable bonds is 4. The molecule has 0 spiro atoms. The molecule has 1 heterocycles. The van der Waals surface area contributed by atoms with E-state index in [9.17, 15) is 4.79 Å². The molecule has 7 heteroatoms. The van der Waals surface area contributed by atoms with Gasteiger partial charge in [0, 0.05) is 28.1 Å². The first-order valence-electron chi connectivity index (χ1n) is 8.41. The number of pyridine rings is 1. The van der Waals surface area contributed by atoms with E-state index in [2.05, 4.69) is 36.5 Å². The number of carbonyl (C=O) groups excluding carboxylic acids is 1. The summed E-state index contributed by atoms with van der Waals surface area (Å²) in [7, 11) is 0. The normalized spacial score (nSPS) is 10.8. The lowest BCUT2D eigenvalue weighted by Gasteiger charge is -2.12. The van der Waals surface area contributed by atoms with Crippen molar-refractivity contribution in [2.75, 3.05) is 5.32 Å². The molecule has 0 bridgehead atoms. The second-order valence-electron chi connectivity index (χ2n) is 5.80. The maximum Gasteiger partial charge on any atom is 0.257 e. The summed E-state index contributed by atoms with van der Waals surface area (Å²) in [5, 5.41) is 14.8. The van der Waals surface area contributed by atoms with Gasteiger partial charge in [-0.3, -0.25) is 15.1 Å². The van der Waals surface area contributed by atoms with E-state index in [1.54, 1.807) is 36.7 Å². The molecule has 138 valence electrons. The van der Waals surface area contributed by atoms with E-state index in [0.29, 0.717) is 23.6 Å². The zero-order valence-corrected chi connectivity index (χ0v) is 16.3. The number of hydrogen-bond acceptors (Lipinski definition) is 4. The predicted molar refractivity (Wildman–Crippen MR) is 112 cm³/mol. The van der Waals surface area contributed by atoms with E-state index in [4.69, 9.17) is 5.26 Å². The van der Waals surface area contributed by atoms with Crippen LogP contribution < -0.4 is 10.6 Å². The topological polar surface area (TPSA) is 90.2 Å². The van der Waals surface area contributed by atoms with Crippen molar-refractivity contribution in [2.24, 2.45) is 4.99 Å². The highest BCUT2D eigenvalue weighted by molar-refractivity contribution is 9.10. The number of halogens is 1. The summed E-state index contributed by atoms with van der Waals surface area (Å²) in [6.45, 7) is 0.384. The molecule has 0 aliphatic carbocycles. The lowest BCUT2D eigenvalue weighted by atomic mass is 10.1. The maximum atomic E-state index is 12.6. The van der Waals surface area contributed by atoms with E-state index in [1.165, 1.54) is 0 Å². The molecule has 3 aromatic rings. The lowest BCUT2D eigenvalue weighted by molar-refractivity contribution is 0.0977. The lowest BCUT2D eigenvalue weighted by Crippen LogP contribution is -2.36. The molecule has 0 aliphatic rings. The molecule has 3 rings (SSSR count). The number of guanidine groups is 1. The number of nitrogens with one attached hydrogen (secondary N) is 2. The molecule has 6 nitrogen and oxygen atoms in total. The van der Waals surface area contributed by atoms with Gasteiger partial charge in [-0.2, -0.15) is 5.26 Å². The molecular formula is C21H16BrN5O. The smallest absolute Gasteiger partial charge is 0.257 e. The minimum atomic E-state index is -0.317. The highest BCUT2D eigenvalue weighted by Crippen LogP contribution is 2.14. The van der Waals surface area contributed by atoms with Crippen molar-refractivity contribution in [3.63, 3.8) is 0 Å². The first-order chi connectivity index (χ1) is 13.6. The van der Waals surface area contributed by atoms with Crippen LogP contribution in [0.25, 0.3) is 0 Å². The van der Waals surface area contributed by atoms with Gasteiger partial charge in [0.2, 0.25) is 5.96 Å². The second-order valence-corrected chi connectivity index (χ2v) is 6.71. The van der Waals surface area contributed by atoms with Crippen molar-refractivity contribution in [3.8, 4) is 6.07 Å². The molecule has 0 saturated heterocycles.